The maximum atomic E-state index is 13.2. The highest BCUT2D eigenvalue weighted by molar-refractivity contribution is 6.03. The van der Waals surface area contributed by atoms with Crippen molar-refractivity contribution in [3.8, 4) is 5.75 Å². The smallest absolute Gasteiger partial charge is 0.277 e. The molecular formula is C24H32N4O6. The van der Waals surface area contributed by atoms with Crippen LogP contribution in [0, 0.1) is 12.8 Å². The molecule has 3 amide bonds. The van der Waals surface area contributed by atoms with Crippen molar-refractivity contribution in [2.45, 2.75) is 39.8 Å². The van der Waals surface area contributed by atoms with E-state index < -0.39 is 5.91 Å². The van der Waals surface area contributed by atoms with Crippen LogP contribution in [0.5, 0.6) is 5.75 Å². The minimum atomic E-state index is -0.443. The highest BCUT2D eigenvalue weighted by atomic mass is 16.5. The van der Waals surface area contributed by atoms with Crippen LogP contribution in [-0.4, -0.2) is 78.7 Å². The Balaban J connectivity index is 1.93. The second kappa shape index (κ2) is 10.7. The van der Waals surface area contributed by atoms with Crippen LogP contribution in [0.4, 0.5) is 5.69 Å². The van der Waals surface area contributed by atoms with Gasteiger partial charge >= 0.3 is 0 Å². The zero-order chi connectivity index (χ0) is 25.0. The van der Waals surface area contributed by atoms with Crippen molar-refractivity contribution in [1.29, 1.82) is 0 Å². The average Bonchev–Trinajstić information content (AvgIpc) is 3.24. The number of hydrogen-bond acceptors (Lipinski definition) is 7. The predicted octanol–water partition coefficient (Wildman–Crippen LogP) is 2.59. The van der Waals surface area contributed by atoms with E-state index in [-0.39, 0.29) is 42.2 Å². The molecule has 3 rings (SSSR count). The Morgan fingerprint density at radius 3 is 2.56 bits per heavy atom. The molecule has 184 valence electrons. The SMILES string of the molecule is CO[C@@H]1CN(C)C(=O)c2ccc(NC(=O)c3cc(C)on3)cc2OC[C@H](C)N(C(C)=O)C[C@@H]1C. The molecule has 1 N–H and O–H groups in total. The van der Waals surface area contributed by atoms with Gasteiger partial charge in [-0.3, -0.25) is 14.4 Å². The molecular weight excluding hydrogens is 440 g/mol. The van der Waals surface area contributed by atoms with Crippen molar-refractivity contribution in [3.63, 3.8) is 0 Å². The molecule has 10 heteroatoms. The number of amides is 3. The van der Waals surface area contributed by atoms with E-state index in [0.717, 1.165) is 0 Å². The molecule has 1 aromatic carbocycles. The number of benzene rings is 1. The largest absolute Gasteiger partial charge is 0.491 e. The van der Waals surface area contributed by atoms with Gasteiger partial charge < -0.3 is 29.1 Å². The molecule has 0 saturated heterocycles. The Hall–Kier alpha value is -3.40. The highest BCUT2D eigenvalue weighted by Gasteiger charge is 2.29. The van der Waals surface area contributed by atoms with E-state index >= 15 is 0 Å². The van der Waals surface area contributed by atoms with Gasteiger partial charge in [0.15, 0.2) is 5.69 Å². The fourth-order valence-corrected chi connectivity index (χ4v) is 3.96. The van der Waals surface area contributed by atoms with Crippen LogP contribution in [0.25, 0.3) is 0 Å². The topological polar surface area (TPSA) is 114 Å². The Bertz CT molecular complexity index is 1050. The van der Waals surface area contributed by atoms with E-state index in [9.17, 15) is 14.4 Å². The molecule has 3 atom stereocenters. The third kappa shape index (κ3) is 5.74. The number of nitrogens with one attached hydrogen (secondary N) is 1. The van der Waals surface area contributed by atoms with Gasteiger partial charge in [-0.1, -0.05) is 12.1 Å². The zero-order valence-electron chi connectivity index (χ0n) is 20.5. The number of ether oxygens (including phenoxy) is 2. The fraction of sp³-hybridized carbons (Fsp3) is 0.500. The van der Waals surface area contributed by atoms with Crippen molar-refractivity contribution in [3.05, 3.63) is 41.3 Å². The number of nitrogens with zero attached hydrogens (tertiary/aromatic N) is 3. The van der Waals surface area contributed by atoms with Gasteiger partial charge in [-0.25, -0.2) is 0 Å². The van der Waals surface area contributed by atoms with Gasteiger partial charge in [0.2, 0.25) is 5.91 Å². The predicted molar refractivity (Wildman–Crippen MR) is 125 cm³/mol. The van der Waals surface area contributed by atoms with E-state index in [2.05, 4.69) is 10.5 Å². The maximum Gasteiger partial charge on any atom is 0.277 e. The van der Waals surface area contributed by atoms with E-state index in [1.165, 1.54) is 13.0 Å². The summed E-state index contributed by atoms with van der Waals surface area (Å²) in [5.41, 5.74) is 0.932. The molecule has 10 nitrogen and oxygen atoms in total. The molecule has 1 aliphatic heterocycles. The minimum Gasteiger partial charge on any atom is -0.491 e. The Kier molecular flexibility index (Phi) is 7.93. The van der Waals surface area contributed by atoms with Crippen LogP contribution in [0.1, 0.15) is 47.4 Å². The van der Waals surface area contributed by atoms with Gasteiger partial charge in [-0.05, 0) is 26.0 Å². The Morgan fingerprint density at radius 1 is 1.21 bits per heavy atom. The molecule has 2 aromatic rings. The second-order valence-corrected chi connectivity index (χ2v) is 8.76. The number of carbonyl (C=O) groups is 3. The minimum absolute atomic E-state index is 0.00301. The number of hydrogen-bond donors (Lipinski definition) is 1. The van der Waals surface area contributed by atoms with Gasteiger partial charge in [0, 0.05) is 57.9 Å². The fourth-order valence-electron chi connectivity index (χ4n) is 3.96. The molecule has 1 aromatic heterocycles. The van der Waals surface area contributed by atoms with Crippen molar-refractivity contribution in [2.75, 3.05) is 39.2 Å². The molecule has 0 unspecified atom stereocenters. The van der Waals surface area contributed by atoms with Crippen molar-refractivity contribution in [1.82, 2.24) is 15.0 Å². The van der Waals surface area contributed by atoms with Gasteiger partial charge in [0.05, 0.1) is 17.7 Å². The van der Waals surface area contributed by atoms with Crippen LogP contribution in [-0.2, 0) is 9.53 Å². The third-order valence-corrected chi connectivity index (χ3v) is 5.97. The molecule has 0 fully saturated rings. The van der Waals surface area contributed by atoms with Crippen molar-refractivity contribution >= 4 is 23.4 Å². The number of aromatic nitrogens is 1. The van der Waals surface area contributed by atoms with Crippen LogP contribution in [0.15, 0.2) is 28.8 Å². The Morgan fingerprint density at radius 2 is 1.94 bits per heavy atom. The first kappa shape index (κ1) is 25.2. The normalized spacial score (nSPS) is 21.7. The van der Waals surface area contributed by atoms with E-state index in [1.807, 2.05) is 13.8 Å². The third-order valence-electron chi connectivity index (χ3n) is 5.97. The molecule has 0 radical (unpaired) electrons. The summed E-state index contributed by atoms with van der Waals surface area (Å²) in [4.78, 5) is 41.4. The molecule has 34 heavy (non-hydrogen) atoms. The lowest BCUT2D eigenvalue weighted by Crippen LogP contribution is -2.48. The van der Waals surface area contributed by atoms with Gasteiger partial charge in [-0.2, -0.15) is 0 Å². The first-order chi connectivity index (χ1) is 16.1. The molecule has 0 aliphatic carbocycles. The van der Waals surface area contributed by atoms with Gasteiger partial charge in [0.1, 0.15) is 18.1 Å². The average molecular weight is 473 g/mol. The number of anilines is 1. The summed E-state index contributed by atoms with van der Waals surface area (Å²) in [6.07, 6.45) is -0.253. The van der Waals surface area contributed by atoms with Gasteiger partial charge in [-0.15, -0.1) is 0 Å². The standard InChI is InChI=1S/C24H32N4O6/c1-14-11-28(17(4)29)15(2)13-33-21-10-18(25-23(30)20-9-16(3)34-26-20)7-8-19(21)24(31)27(5)12-22(14)32-6/h7-10,14-15,22H,11-13H2,1-6H3,(H,25,30)/t14-,15-,22+/m0/s1. The monoisotopic (exact) mass is 472 g/mol. The Labute approximate surface area is 199 Å². The quantitative estimate of drug-likeness (QED) is 0.730. The van der Waals surface area contributed by atoms with Crippen molar-refractivity contribution < 1.29 is 28.4 Å². The first-order valence-corrected chi connectivity index (χ1v) is 11.2. The first-order valence-electron chi connectivity index (χ1n) is 11.2. The molecule has 1 aliphatic rings. The summed E-state index contributed by atoms with van der Waals surface area (Å²) in [6.45, 7) is 8.12. The lowest BCUT2D eigenvalue weighted by molar-refractivity contribution is -0.133. The lowest BCUT2D eigenvalue weighted by atomic mass is 10.0. The number of fused-ring (bicyclic) bond motifs is 1. The summed E-state index contributed by atoms with van der Waals surface area (Å²) in [6, 6.07) is 6.13. The van der Waals surface area contributed by atoms with E-state index in [0.29, 0.717) is 35.9 Å². The molecule has 2 heterocycles. The highest BCUT2D eigenvalue weighted by Crippen LogP contribution is 2.27. The van der Waals surface area contributed by atoms with Crippen molar-refractivity contribution in [2.24, 2.45) is 5.92 Å². The molecule has 0 bridgehead atoms. The van der Waals surface area contributed by atoms with E-state index in [4.69, 9.17) is 14.0 Å². The lowest BCUT2D eigenvalue weighted by Gasteiger charge is -2.35. The van der Waals surface area contributed by atoms with Crippen LogP contribution >= 0.6 is 0 Å². The number of aryl methyl sites for hydroxylation is 1. The number of methoxy groups -OCH3 is 1. The van der Waals surface area contributed by atoms with E-state index in [1.54, 1.807) is 49.1 Å². The summed E-state index contributed by atoms with van der Waals surface area (Å²) >= 11 is 0. The van der Waals surface area contributed by atoms with Crippen LogP contribution < -0.4 is 10.1 Å². The van der Waals surface area contributed by atoms with Crippen LogP contribution in [0.2, 0.25) is 0 Å². The molecule has 0 saturated carbocycles. The van der Waals surface area contributed by atoms with Crippen LogP contribution in [0.3, 0.4) is 0 Å². The maximum absolute atomic E-state index is 13.2. The number of carbonyl (C=O) groups excluding carboxylic acids is 3. The second-order valence-electron chi connectivity index (χ2n) is 8.76. The number of likely N-dealkylation sites (N-methyl/N-ethyl adjacent to an activating group) is 1. The summed E-state index contributed by atoms with van der Waals surface area (Å²) < 4.78 is 16.7. The summed E-state index contributed by atoms with van der Waals surface area (Å²) in [5, 5.41) is 6.46. The summed E-state index contributed by atoms with van der Waals surface area (Å²) in [7, 11) is 3.31. The summed E-state index contributed by atoms with van der Waals surface area (Å²) in [5.74, 6) is 0.0928. The zero-order valence-corrected chi connectivity index (χ0v) is 20.5. The van der Waals surface area contributed by atoms with Gasteiger partial charge in [0.25, 0.3) is 11.8 Å². The number of rotatable bonds is 3. The molecule has 0 spiro atoms.